The van der Waals surface area contributed by atoms with E-state index in [0.29, 0.717) is 0 Å². The summed E-state index contributed by atoms with van der Waals surface area (Å²) in [6.45, 7) is 1.81. The molecule has 1 heterocycles. The molecule has 10 heavy (non-hydrogen) atoms. The lowest BCUT2D eigenvalue weighted by Gasteiger charge is -2.13. The van der Waals surface area contributed by atoms with E-state index in [2.05, 4.69) is 0 Å². The van der Waals surface area contributed by atoms with Gasteiger partial charge in [0.2, 0.25) is 0 Å². The zero-order valence-electron chi connectivity index (χ0n) is 6.34. The Labute approximate surface area is 66.5 Å². The normalized spacial score (nSPS) is 22.4. The van der Waals surface area contributed by atoms with Gasteiger partial charge in [-0.15, -0.1) is 0 Å². The third kappa shape index (κ3) is 2.76. The van der Waals surface area contributed by atoms with Crippen molar-refractivity contribution in [3.63, 3.8) is 0 Å². The van der Waals surface area contributed by atoms with Crippen molar-refractivity contribution in [1.82, 2.24) is 0 Å². The zero-order chi connectivity index (χ0) is 7.40. The van der Waals surface area contributed by atoms with Gasteiger partial charge in [-0.2, -0.15) is 11.8 Å². The van der Waals surface area contributed by atoms with Gasteiger partial charge < -0.3 is 5.11 Å². The van der Waals surface area contributed by atoms with Crippen LogP contribution >= 0.6 is 11.8 Å². The molecule has 1 aliphatic rings. The lowest BCUT2D eigenvalue weighted by Crippen LogP contribution is -2.02. The van der Waals surface area contributed by atoms with E-state index in [4.69, 9.17) is 5.11 Å². The Bertz CT molecular complexity index is 121. The summed E-state index contributed by atoms with van der Waals surface area (Å²) in [4.78, 5) is 0. The molecule has 1 rings (SSSR count). The molecule has 0 spiro atoms. The molecule has 1 saturated heterocycles. The molecule has 1 atom stereocenters. The van der Waals surface area contributed by atoms with Crippen LogP contribution in [0.3, 0.4) is 0 Å². The van der Waals surface area contributed by atoms with Crippen LogP contribution in [0.5, 0.6) is 0 Å². The second-order valence-corrected chi connectivity index (χ2v) is 3.90. The maximum Gasteiger partial charge on any atom is 0.0695 e. The maximum absolute atomic E-state index is 9.02. The van der Waals surface area contributed by atoms with Gasteiger partial charge in [-0.05, 0) is 31.3 Å². The first-order valence-corrected chi connectivity index (χ1v) is 4.90. The van der Waals surface area contributed by atoms with Crippen molar-refractivity contribution in [2.45, 2.75) is 25.9 Å². The van der Waals surface area contributed by atoms with Crippen LogP contribution in [0.4, 0.5) is 0 Å². The minimum atomic E-state index is -0.252. The molecule has 0 radical (unpaired) electrons. The predicted octanol–water partition coefficient (Wildman–Crippen LogP) is 1.82. The van der Waals surface area contributed by atoms with Crippen LogP contribution in [0.25, 0.3) is 0 Å². The van der Waals surface area contributed by atoms with Crippen LogP contribution in [-0.2, 0) is 0 Å². The molecule has 1 fully saturated rings. The number of allylic oxidation sites excluding steroid dienone is 1. The van der Waals surface area contributed by atoms with Crippen molar-refractivity contribution >= 4 is 11.8 Å². The van der Waals surface area contributed by atoms with Crippen molar-refractivity contribution in [2.24, 2.45) is 0 Å². The molecule has 1 unspecified atom stereocenters. The monoisotopic (exact) mass is 158 g/mol. The zero-order valence-corrected chi connectivity index (χ0v) is 7.16. The number of hydrogen-bond donors (Lipinski definition) is 1. The lowest BCUT2D eigenvalue weighted by atomic mass is 10.1. The molecule has 0 aromatic heterocycles. The fourth-order valence-electron chi connectivity index (χ4n) is 1.14. The summed E-state index contributed by atoms with van der Waals surface area (Å²) >= 11 is 2.00. The summed E-state index contributed by atoms with van der Waals surface area (Å²) in [6.07, 6.45) is 4.09. The molecule has 0 saturated carbocycles. The van der Waals surface area contributed by atoms with E-state index in [1.807, 2.05) is 24.8 Å². The first-order valence-electron chi connectivity index (χ1n) is 3.74. The summed E-state index contributed by atoms with van der Waals surface area (Å²) in [7, 11) is 0. The van der Waals surface area contributed by atoms with Crippen LogP contribution in [0, 0.1) is 0 Å². The van der Waals surface area contributed by atoms with Crippen LogP contribution in [0.1, 0.15) is 19.8 Å². The maximum atomic E-state index is 9.02. The van der Waals surface area contributed by atoms with E-state index in [9.17, 15) is 0 Å². The van der Waals surface area contributed by atoms with Crippen LogP contribution in [0.2, 0.25) is 0 Å². The topological polar surface area (TPSA) is 20.2 Å². The van der Waals surface area contributed by atoms with Gasteiger partial charge in [0.1, 0.15) is 0 Å². The average Bonchev–Trinajstić information content (AvgIpc) is 1.88. The first kappa shape index (κ1) is 8.15. The summed E-state index contributed by atoms with van der Waals surface area (Å²) in [6, 6.07) is 0. The Balaban J connectivity index is 2.37. The van der Waals surface area contributed by atoms with E-state index < -0.39 is 0 Å². The van der Waals surface area contributed by atoms with Gasteiger partial charge in [-0.1, -0.05) is 11.6 Å². The van der Waals surface area contributed by atoms with E-state index in [1.54, 1.807) is 0 Å². The predicted molar refractivity (Wildman–Crippen MR) is 46.3 cm³/mol. The minimum Gasteiger partial charge on any atom is -0.389 e. The van der Waals surface area contributed by atoms with Crippen molar-refractivity contribution < 1.29 is 5.11 Å². The molecular formula is C8H14OS. The van der Waals surface area contributed by atoms with Crippen molar-refractivity contribution in [3.8, 4) is 0 Å². The van der Waals surface area contributed by atoms with Gasteiger partial charge in [0.05, 0.1) is 6.10 Å². The molecule has 1 nitrogen and oxygen atoms in total. The number of rotatable bonds is 1. The highest BCUT2D eigenvalue weighted by Gasteiger charge is 2.05. The molecule has 1 N–H and O–H groups in total. The summed E-state index contributed by atoms with van der Waals surface area (Å²) < 4.78 is 0. The lowest BCUT2D eigenvalue weighted by molar-refractivity contribution is 0.242. The van der Waals surface area contributed by atoms with Crippen LogP contribution in [-0.4, -0.2) is 22.7 Å². The molecular weight excluding hydrogens is 144 g/mol. The standard InChI is InChI=1S/C8H14OS/c1-7(9)6-8-2-4-10-5-3-8/h6-7,9H,2-5H2,1H3. The highest BCUT2D eigenvalue weighted by molar-refractivity contribution is 7.99. The summed E-state index contributed by atoms with van der Waals surface area (Å²) in [5.74, 6) is 2.47. The Morgan fingerprint density at radius 1 is 1.50 bits per heavy atom. The largest absolute Gasteiger partial charge is 0.389 e. The molecule has 1 aliphatic heterocycles. The Morgan fingerprint density at radius 2 is 2.10 bits per heavy atom. The quantitative estimate of drug-likeness (QED) is 0.587. The minimum absolute atomic E-state index is 0.252. The van der Waals surface area contributed by atoms with E-state index in [1.165, 1.54) is 29.9 Å². The van der Waals surface area contributed by atoms with Crippen molar-refractivity contribution in [1.29, 1.82) is 0 Å². The number of thioether (sulfide) groups is 1. The number of aliphatic hydroxyl groups excluding tert-OH is 1. The van der Waals surface area contributed by atoms with Gasteiger partial charge in [0, 0.05) is 0 Å². The molecule has 0 bridgehead atoms. The summed E-state index contributed by atoms with van der Waals surface area (Å²) in [5, 5.41) is 9.02. The molecule has 0 amide bonds. The smallest absolute Gasteiger partial charge is 0.0695 e. The SMILES string of the molecule is CC(O)C=C1CCSCC1. The third-order valence-electron chi connectivity index (χ3n) is 1.61. The van der Waals surface area contributed by atoms with Crippen LogP contribution < -0.4 is 0 Å². The van der Waals surface area contributed by atoms with Gasteiger partial charge in [-0.25, -0.2) is 0 Å². The van der Waals surface area contributed by atoms with Crippen molar-refractivity contribution in [2.75, 3.05) is 11.5 Å². The Kier molecular flexibility index (Phi) is 3.29. The fraction of sp³-hybridized carbons (Fsp3) is 0.750. The Hall–Kier alpha value is 0.0500. The fourth-order valence-corrected chi connectivity index (χ4v) is 2.16. The first-order chi connectivity index (χ1) is 4.79. The second-order valence-electron chi connectivity index (χ2n) is 2.68. The molecule has 0 aromatic rings. The van der Waals surface area contributed by atoms with Gasteiger partial charge in [0.25, 0.3) is 0 Å². The van der Waals surface area contributed by atoms with Crippen LogP contribution in [0.15, 0.2) is 11.6 Å². The van der Waals surface area contributed by atoms with Gasteiger partial charge >= 0.3 is 0 Å². The summed E-state index contributed by atoms with van der Waals surface area (Å²) in [5.41, 5.74) is 1.44. The highest BCUT2D eigenvalue weighted by atomic mass is 32.2. The number of hydrogen-bond acceptors (Lipinski definition) is 2. The van der Waals surface area contributed by atoms with E-state index in [0.717, 1.165) is 0 Å². The second kappa shape index (κ2) is 4.04. The highest BCUT2D eigenvalue weighted by Crippen LogP contribution is 2.21. The van der Waals surface area contributed by atoms with Gasteiger partial charge in [-0.3, -0.25) is 0 Å². The average molecular weight is 158 g/mol. The van der Waals surface area contributed by atoms with E-state index in [-0.39, 0.29) is 6.10 Å². The molecule has 0 aromatic carbocycles. The number of aliphatic hydroxyl groups is 1. The molecule has 58 valence electrons. The third-order valence-corrected chi connectivity index (χ3v) is 2.60. The van der Waals surface area contributed by atoms with Gasteiger partial charge in [0.15, 0.2) is 0 Å². The molecule has 2 heteroatoms. The van der Waals surface area contributed by atoms with Crippen molar-refractivity contribution in [3.05, 3.63) is 11.6 Å². The Morgan fingerprint density at radius 3 is 2.60 bits per heavy atom. The molecule has 0 aliphatic carbocycles. The van der Waals surface area contributed by atoms with E-state index >= 15 is 0 Å².